The summed E-state index contributed by atoms with van der Waals surface area (Å²) in [5.74, 6) is 0. The topological polar surface area (TPSA) is 0 Å². The first-order valence-corrected chi connectivity index (χ1v) is 0. The molecule has 3 heteroatoms. The minimum absolute atomic E-state index is 0. The Morgan fingerprint density at radius 1 is 0.600 bits per heavy atom. The van der Waals surface area contributed by atoms with Crippen LogP contribution in [0.1, 0.15) is 14.9 Å². The molecule has 0 saturated heterocycles. The van der Waals surface area contributed by atoms with Gasteiger partial charge in [-0.3, -0.25) is 0 Å². The van der Waals surface area contributed by atoms with E-state index in [-0.39, 0.29) is 63.6 Å². The summed E-state index contributed by atoms with van der Waals surface area (Å²) >= 11 is 0. The van der Waals surface area contributed by atoms with Gasteiger partial charge in [0.05, 0.1) is 0 Å². The summed E-state index contributed by atoms with van der Waals surface area (Å²) in [6.07, 6.45) is 0. The third-order valence-corrected chi connectivity index (χ3v) is 0. The van der Waals surface area contributed by atoms with Crippen LogP contribution in [0.15, 0.2) is 0 Å². The second kappa shape index (κ2) is 54.3. The fraction of sp³-hybridized carbons (Fsp3) is 1.00. The van der Waals surface area contributed by atoms with E-state index < -0.39 is 0 Å². The van der Waals surface area contributed by atoms with E-state index in [0.29, 0.717) is 0 Å². The minimum atomic E-state index is 0. The number of hydrogen-bond acceptors (Lipinski definition) is 0. The van der Waals surface area contributed by atoms with Gasteiger partial charge in [0.15, 0.2) is 0 Å². The third kappa shape index (κ3) is 32.3. The van der Waals surface area contributed by atoms with Gasteiger partial charge in [0, 0.05) is 0 Å². The molecule has 0 bridgehead atoms. The first kappa shape index (κ1) is 97.1. The first-order valence-electron chi connectivity index (χ1n) is 0. The zero-order valence-electron chi connectivity index (χ0n) is 1.52. The zero-order valence-corrected chi connectivity index (χ0v) is 7.19. The summed E-state index contributed by atoms with van der Waals surface area (Å²) in [7, 11) is 0. The molecule has 0 amide bonds. The van der Waals surface area contributed by atoms with Gasteiger partial charge in [-0.2, -0.15) is 0 Å². The maximum atomic E-state index is 0. The van der Waals surface area contributed by atoms with E-state index in [1.165, 1.54) is 0 Å². The van der Waals surface area contributed by atoms with Crippen molar-refractivity contribution in [3.63, 3.8) is 0 Å². The predicted octanol–water partition coefficient (Wildman–Crippen LogP) is 1.20. The van der Waals surface area contributed by atoms with Crippen molar-refractivity contribution >= 4 is 48.7 Å². The molecule has 0 unspecified atom stereocenters. The van der Waals surface area contributed by atoms with Crippen molar-refractivity contribution < 1.29 is 0 Å². The van der Waals surface area contributed by atoms with Crippen molar-refractivity contribution in [1.82, 2.24) is 0 Å². The molecule has 0 N–H and O–H groups in total. The molecule has 0 aliphatic carbocycles. The van der Waals surface area contributed by atoms with Crippen molar-refractivity contribution in [2.24, 2.45) is 0 Å². The second-order valence-electron chi connectivity index (χ2n) is 0. The van der Waals surface area contributed by atoms with Crippen molar-refractivity contribution in [3.8, 4) is 0 Å². The molecule has 0 aromatic rings. The molecule has 2 radical (unpaired) electrons. The Kier molecular flexibility index (Phi) is 1050. The van der Waals surface area contributed by atoms with E-state index in [9.17, 15) is 0 Å². The molecule has 0 aliphatic rings. The molecule has 0 saturated carbocycles. The number of hydrogen-bond donors (Lipinski definition) is 0. The monoisotopic (exact) mass is 226 g/mol. The summed E-state index contributed by atoms with van der Waals surface area (Å²) in [5.41, 5.74) is 0. The van der Waals surface area contributed by atoms with Gasteiger partial charge in [-0.15, -0.1) is 24.8 Å². The van der Waals surface area contributed by atoms with Crippen LogP contribution in [0.25, 0.3) is 0 Å². The van der Waals surface area contributed by atoms with Crippen LogP contribution < -0.4 is 0 Å². The zero-order chi connectivity index (χ0) is 0. The van der Waals surface area contributed by atoms with Crippen LogP contribution >= 0.6 is 24.8 Å². The van der Waals surface area contributed by atoms with Crippen molar-refractivity contribution in [1.29, 1.82) is 0 Å². The average molecular weight is 226 g/mol. The average Bonchev–Trinajstić information content (AvgIpc) is 0. The maximum absolute atomic E-state index is 0. The molecule has 0 nitrogen and oxygen atoms in total. The molecule has 5 heavy (non-hydrogen) atoms. The Hall–Kier alpha value is 1.38. The van der Waals surface area contributed by atoms with E-state index in [4.69, 9.17) is 0 Å². The molecule has 0 aliphatic heterocycles. The van der Waals surface area contributed by atoms with Gasteiger partial charge in [-0.05, 0) is 0 Å². The molecule has 0 atom stereocenters. The quantitative estimate of drug-likeness (QED) is 0.544. The van der Waals surface area contributed by atoms with Crippen LogP contribution in [0.4, 0.5) is 0 Å². The van der Waals surface area contributed by atoms with Crippen molar-refractivity contribution in [2.75, 3.05) is 0 Å². The van der Waals surface area contributed by atoms with E-state index in [1.54, 1.807) is 0 Å². The fourth-order valence-corrected chi connectivity index (χ4v) is 0. The summed E-state index contributed by atoms with van der Waals surface area (Å²) < 4.78 is 0. The van der Waals surface area contributed by atoms with Gasteiger partial charge >= 0.3 is 23.9 Å². The Balaban J connectivity index is 0. The third-order valence-electron chi connectivity index (χ3n) is 0. The Labute approximate surface area is 63.5 Å². The molecular weight excluding hydrogens is 214 g/mol. The van der Waals surface area contributed by atoms with Crippen LogP contribution in [-0.2, 0) is 0 Å². The molecule has 0 aromatic carbocycles. The molecule has 38 valence electrons. The van der Waals surface area contributed by atoms with Gasteiger partial charge in [-0.1, -0.05) is 14.9 Å². The SMILES string of the molecule is C.C.Cl.Cl.[SnH2]. The van der Waals surface area contributed by atoms with Gasteiger partial charge in [0.1, 0.15) is 0 Å². The van der Waals surface area contributed by atoms with E-state index >= 15 is 0 Å². The van der Waals surface area contributed by atoms with E-state index in [1.807, 2.05) is 0 Å². The fourth-order valence-electron chi connectivity index (χ4n) is 0. The standard InChI is InChI=1S/2CH4.2ClH.Sn.2H/h2*1H4;2*1H;;;. The van der Waals surface area contributed by atoms with Gasteiger partial charge < -0.3 is 0 Å². The van der Waals surface area contributed by atoms with Crippen LogP contribution in [0.3, 0.4) is 0 Å². The molecule has 0 heterocycles. The van der Waals surface area contributed by atoms with Crippen molar-refractivity contribution in [3.05, 3.63) is 0 Å². The number of rotatable bonds is 0. The molecular formula is C2H12Cl2Sn. The normalized spacial score (nSPS) is 0. The Morgan fingerprint density at radius 3 is 0.600 bits per heavy atom. The van der Waals surface area contributed by atoms with Crippen LogP contribution in [0, 0.1) is 0 Å². The van der Waals surface area contributed by atoms with Gasteiger partial charge in [-0.25, -0.2) is 0 Å². The molecule has 0 aromatic heterocycles. The van der Waals surface area contributed by atoms with Crippen LogP contribution in [-0.4, -0.2) is 23.9 Å². The summed E-state index contributed by atoms with van der Waals surface area (Å²) in [6, 6.07) is 0. The van der Waals surface area contributed by atoms with E-state index in [2.05, 4.69) is 0 Å². The van der Waals surface area contributed by atoms with Crippen molar-refractivity contribution in [2.45, 2.75) is 14.9 Å². The van der Waals surface area contributed by atoms with Crippen LogP contribution in [0.5, 0.6) is 0 Å². The summed E-state index contributed by atoms with van der Waals surface area (Å²) in [6.45, 7) is 0. The van der Waals surface area contributed by atoms with E-state index in [0.717, 1.165) is 0 Å². The summed E-state index contributed by atoms with van der Waals surface area (Å²) in [5, 5.41) is 0. The Bertz CT molecular complexity index is 7.61. The first-order chi connectivity index (χ1) is 0. The predicted molar refractivity (Wildman–Crippen MR) is 36.5 cm³/mol. The summed E-state index contributed by atoms with van der Waals surface area (Å²) in [4.78, 5) is 0. The molecule has 0 spiro atoms. The Morgan fingerprint density at radius 2 is 0.600 bits per heavy atom. The van der Waals surface area contributed by atoms with Crippen LogP contribution in [0.2, 0.25) is 0 Å². The molecule has 0 rings (SSSR count). The second-order valence-corrected chi connectivity index (χ2v) is 0. The number of halogens is 2. The van der Waals surface area contributed by atoms with Gasteiger partial charge in [0.25, 0.3) is 0 Å². The molecule has 0 fully saturated rings. The van der Waals surface area contributed by atoms with Gasteiger partial charge in [0.2, 0.25) is 0 Å².